The van der Waals surface area contributed by atoms with Crippen LogP contribution >= 0.6 is 0 Å². The number of para-hydroxylation sites is 2. The van der Waals surface area contributed by atoms with Crippen LogP contribution in [0, 0.1) is 0 Å². The molecule has 5 nitrogen and oxygen atoms in total. The van der Waals surface area contributed by atoms with Crippen molar-refractivity contribution in [2.24, 2.45) is 0 Å². The number of rotatable bonds is 3. The van der Waals surface area contributed by atoms with Crippen LogP contribution in [0.4, 0.5) is 0 Å². The lowest BCUT2D eigenvalue weighted by Gasteiger charge is -2.11. The molecule has 0 saturated carbocycles. The predicted octanol–water partition coefficient (Wildman–Crippen LogP) is 10.2. The van der Waals surface area contributed by atoms with E-state index < -0.39 is 0 Å². The van der Waals surface area contributed by atoms with E-state index in [1.165, 1.54) is 32.9 Å². The van der Waals surface area contributed by atoms with E-state index in [0.29, 0.717) is 0 Å². The number of fused-ring (bicyclic) bond motifs is 9. The minimum absolute atomic E-state index is 0.805. The number of hydrogen-bond acceptors (Lipinski definition) is 3. The lowest BCUT2D eigenvalue weighted by molar-refractivity contribution is 0.668. The summed E-state index contributed by atoms with van der Waals surface area (Å²) in [6.45, 7) is 0. The van der Waals surface area contributed by atoms with Gasteiger partial charge in [0.2, 0.25) is 0 Å². The maximum atomic E-state index is 6.45. The highest BCUT2D eigenvalue weighted by atomic mass is 16.3. The summed E-state index contributed by atoms with van der Waals surface area (Å²) in [5.41, 5.74) is 12.7. The molecule has 0 atom stereocenters. The van der Waals surface area contributed by atoms with Gasteiger partial charge in [0.05, 0.1) is 22.1 Å². The zero-order valence-electron chi connectivity index (χ0n) is 24.7. The molecular formula is C41H26N4O. The van der Waals surface area contributed by atoms with Crippen molar-refractivity contribution in [1.82, 2.24) is 14.2 Å². The second-order valence-electron chi connectivity index (χ2n) is 11.9. The number of pyridine rings is 1. The molecule has 0 aliphatic rings. The van der Waals surface area contributed by atoms with Crippen LogP contribution in [0.15, 0.2) is 150 Å². The zero-order chi connectivity index (χ0) is 30.4. The first kappa shape index (κ1) is 25.0. The number of hydrogen-bond donors (Lipinski definition) is 1. The second-order valence-corrected chi connectivity index (χ2v) is 11.9. The van der Waals surface area contributed by atoms with Crippen LogP contribution in [0.5, 0.6) is 0 Å². The van der Waals surface area contributed by atoms with E-state index in [-0.39, 0.29) is 0 Å². The van der Waals surface area contributed by atoms with Gasteiger partial charge in [-0.15, -0.1) is 0 Å². The van der Waals surface area contributed by atoms with Crippen molar-refractivity contribution in [3.63, 3.8) is 0 Å². The van der Waals surface area contributed by atoms with E-state index in [1.807, 2.05) is 30.5 Å². The fourth-order valence-electron chi connectivity index (χ4n) is 7.22. The molecule has 0 amide bonds. The summed E-state index contributed by atoms with van der Waals surface area (Å²) >= 11 is 0. The van der Waals surface area contributed by atoms with E-state index in [2.05, 4.69) is 125 Å². The van der Waals surface area contributed by atoms with Gasteiger partial charge in [-0.05, 0) is 95.1 Å². The highest BCUT2D eigenvalue weighted by Gasteiger charge is 2.16. The van der Waals surface area contributed by atoms with Crippen molar-refractivity contribution in [2.75, 3.05) is 5.84 Å². The number of furan rings is 1. The van der Waals surface area contributed by atoms with E-state index in [0.717, 1.165) is 60.7 Å². The molecule has 0 unspecified atom stereocenters. The average Bonchev–Trinajstić information content (AvgIpc) is 3.75. The van der Waals surface area contributed by atoms with Crippen molar-refractivity contribution < 1.29 is 4.42 Å². The highest BCUT2D eigenvalue weighted by molar-refractivity contribution is 6.12. The molecule has 0 fully saturated rings. The quantitative estimate of drug-likeness (QED) is 0.208. The lowest BCUT2D eigenvalue weighted by atomic mass is 10.0. The maximum absolute atomic E-state index is 6.45. The Hall–Kier alpha value is -6.33. The van der Waals surface area contributed by atoms with E-state index in [9.17, 15) is 0 Å². The minimum atomic E-state index is 0.805. The van der Waals surface area contributed by atoms with E-state index in [4.69, 9.17) is 10.3 Å². The molecule has 0 spiro atoms. The molecular weight excluding hydrogens is 564 g/mol. The van der Waals surface area contributed by atoms with Gasteiger partial charge in [0.1, 0.15) is 11.1 Å². The summed E-state index contributed by atoms with van der Waals surface area (Å²) in [5.74, 6) is 6.45. The van der Waals surface area contributed by atoms with Crippen LogP contribution in [0.1, 0.15) is 0 Å². The standard InChI is InChI=1S/C41H26N4O/c42-45-37-12-4-2-10-31(37)33-23-27(15-18-38(33)45)26-14-17-36-32(22-26)30-9-1-3-11-35(30)44(36)29-8-5-7-25(21-29)28-16-19-39-34(24-28)41-40(46-39)13-6-20-43-41/h1-24H,42H2. The van der Waals surface area contributed by atoms with Gasteiger partial charge in [0, 0.05) is 38.8 Å². The number of benzene rings is 6. The van der Waals surface area contributed by atoms with Gasteiger partial charge in [0.25, 0.3) is 0 Å². The molecule has 4 heterocycles. The van der Waals surface area contributed by atoms with E-state index in [1.54, 1.807) is 4.68 Å². The summed E-state index contributed by atoms with van der Waals surface area (Å²) in [7, 11) is 0. The van der Waals surface area contributed by atoms with Crippen LogP contribution in [-0.2, 0) is 0 Å². The average molecular weight is 591 g/mol. The number of aromatic nitrogens is 3. The Kier molecular flexibility index (Phi) is 5.08. The fraction of sp³-hybridized carbons (Fsp3) is 0. The molecule has 5 heteroatoms. The molecule has 0 radical (unpaired) electrons. The van der Waals surface area contributed by atoms with Gasteiger partial charge in [-0.3, -0.25) is 9.66 Å². The monoisotopic (exact) mass is 590 g/mol. The molecule has 0 aliphatic carbocycles. The lowest BCUT2D eigenvalue weighted by Crippen LogP contribution is -2.06. The zero-order valence-corrected chi connectivity index (χ0v) is 24.7. The van der Waals surface area contributed by atoms with Crippen LogP contribution < -0.4 is 5.84 Å². The Morgan fingerprint density at radius 2 is 1.07 bits per heavy atom. The first-order valence-corrected chi connectivity index (χ1v) is 15.4. The second kappa shape index (κ2) is 9.34. The normalized spacial score (nSPS) is 12.0. The summed E-state index contributed by atoms with van der Waals surface area (Å²) in [5, 5.41) is 5.79. The van der Waals surface area contributed by atoms with Crippen LogP contribution in [0.25, 0.3) is 93.6 Å². The molecule has 216 valence electrons. The Balaban J connectivity index is 1.13. The number of nitrogen functional groups attached to an aromatic ring is 1. The predicted molar refractivity (Wildman–Crippen MR) is 190 cm³/mol. The van der Waals surface area contributed by atoms with Crippen molar-refractivity contribution in [1.29, 1.82) is 0 Å². The summed E-state index contributed by atoms with van der Waals surface area (Å²) < 4.78 is 10.2. The van der Waals surface area contributed by atoms with Crippen LogP contribution in [0.3, 0.4) is 0 Å². The Morgan fingerprint density at radius 1 is 0.457 bits per heavy atom. The van der Waals surface area contributed by atoms with Gasteiger partial charge in [0.15, 0.2) is 5.58 Å². The molecule has 6 aromatic carbocycles. The van der Waals surface area contributed by atoms with Crippen molar-refractivity contribution in [2.45, 2.75) is 0 Å². The number of nitrogens with two attached hydrogens (primary N) is 1. The maximum Gasteiger partial charge on any atom is 0.153 e. The molecule has 10 rings (SSSR count). The first-order chi connectivity index (χ1) is 22.7. The van der Waals surface area contributed by atoms with Gasteiger partial charge in [-0.1, -0.05) is 66.7 Å². The SMILES string of the molecule is Nn1c2ccccc2c2cc(-c3ccc4c(c3)c3ccccc3n4-c3cccc(-c4ccc5oc6cccnc6c5c4)c3)ccc21. The molecule has 46 heavy (non-hydrogen) atoms. The van der Waals surface area contributed by atoms with Gasteiger partial charge < -0.3 is 14.8 Å². The molecule has 0 bridgehead atoms. The molecule has 10 aromatic rings. The summed E-state index contributed by atoms with van der Waals surface area (Å²) in [6.07, 6.45) is 1.81. The molecule has 2 N–H and O–H groups in total. The summed E-state index contributed by atoms with van der Waals surface area (Å²) in [6, 6.07) is 49.3. The third kappa shape index (κ3) is 3.54. The third-order valence-electron chi connectivity index (χ3n) is 9.38. The topological polar surface area (TPSA) is 61.9 Å². The minimum Gasteiger partial charge on any atom is -0.454 e. The van der Waals surface area contributed by atoms with E-state index >= 15 is 0 Å². The van der Waals surface area contributed by atoms with Crippen molar-refractivity contribution in [3.05, 3.63) is 146 Å². The highest BCUT2D eigenvalue weighted by Crippen LogP contribution is 2.38. The van der Waals surface area contributed by atoms with Crippen LogP contribution in [0.2, 0.25) is 0 Å². The largest absolute Gasteiger partial charge is 0.454 e. The third-order valence-corrected chi connectivity index (χ3v) is 9.38. The Morgan fingerprint density at radius 3 is 1.89 bits per heavy atom. The molecule has 0 saturated heterocycles. The fourth-order valence-corrected chi connectivity index (χ4v) is 7.22. The Bertz CT molecular complexity index is 2830. The first-order valence-electron chi connectivity index (χ1n) is 15.4. The Labute approximate surface area is 263 Å². The van der Waals surface area contributed by atoms with Gasteiger partial charge in [-0.2, -0.15) is 0 Å². The number of nitrogens with zero attached hydrogens (tertiary/aromatic N) is 3. The summed E-state index contributed by atoms with van der Waals surface area (Å²) in [4.78, 5) is 4.58. The van der Waals surface area contributed by atoms with Gasteiger partial charge in [-0.25, -0.2) is 0 Å². The van der Waals surface area contributed by atoms with Gasteiger partial charge >= 0.3 is 0 Å². The molecule has 4 aromatic heterocycles. The van der Waals surface area contributed by atoms with Crippen molar-refractivity contribution in [3.8, 4) is 27.9 Å². The molecule has 0 aliphatic heterocycles. The van der Waals surface area contributed by atoms with Crippen LogP contribution in [-0.4, -0.2) is 14.2 Å². The van der Waals surface area contributed by atoms with Crippen molar-refractivity contribution >= 4 is 65.7 Å². The smallest absolute Gasteiger partial charge is 0.153 e.